The van der Waals surface area contributed by atoms with Crippen molar-refractivity contribution in [2.75, 3.05) is 12.3 Å². The Kier molecular flexibility index (Phi) is 3.70. The molecule has 3 rings (SSSR count). The van der Waals surface area contributed by atoms with Gasteiger partial charge in [-0.05, 0) is 6.07 Å². The van der Waals surface area contributed by atoms with Crippen molar-refractivity contribution in [1.29, 1.82) is 0 Å². The molecule has 0 fully saturated rings. The van der Waals surface area contributed by atoms with Crippen molar-refractivity contribution in [3.63, 3.8) is 0 Å². The van der Waals surface area contributed by atoms with Crippen molar-refractivity contribution in [2.45, 2.75) is 19.5 Å². The number of benzene rings is 1. The number of nitro benzene ring substituents is 1. The van der Waals surface area contributed by atoms with Crippen LogP contribution in [0, 0.1) is 10.1 Å². The van der Waals surface area contributed by atoms with Crippen LogP contribution in [-0.2, 0) is 19.5 Å². The maximum Gasteiger partial charge on any atom is 0.270 e. The van der Waals surface area contributed by atoms with Crippen LogP contribution in [0.2, 0.25) is 0 Å². The van der Waals surface area contributed by atoms with E-state index >= 15 is 0 Å². The number of nitrogens with one attached hydrogen (secondary N) is 1. The van der Waals surface area contributed by atoms with Gasteiger partial charge in [0.1, 0.15) is 5.75 Å². The fraction of sp³-hybridized carbons (Fsp3) is 0.286. The third-order valence-electron chi connectivity index (χ3n) is 3.83. The SMILES string of the molecule is Nc1nc2c(c(=O)[nH]1)CN(Cc1cc([N+](=O)[O-])ccc1O)CC2. The number of fused-ring (bicyclic) bond motifs is 1. The van der Waals surface area contributed by atoms with Crippen LogP contribution in [-0.4, -0.2) is 31.4 Å². The van der Waals surface area contributed by atoms with E-state index in [9.17, 15) is 20.0 Å². The van der Waals surface area contributed by atoms with Crippen LogP contribution >= 0.6 is 0 Å². The molecule has 1 aromatic carbocycles. The van der Waals surface area contributed by atoms with Gasteiger partial charge in [-0.1, -0.05) is 0 Å². The van der Waals surface area contributed by atoms with Gasteiger partial charge in [0.2, 0.25) is 5.95 Å². The van der Waals surface area contributed by atoms with Crippen molar-refractivity contribution in [1.82, 2.24) is 14.9 Å². The summed E-state index contributed by atoms with van der Waals surface area (Å²) in [7, 11) is 0. The molecule has 0 atom stereocenters. The molecule has 1 aliphatic heterocycles. The van der Waals surface area contributed by atoms with Gasteiger partial charge in [-0.3, -0.25) is 24.8 Å². The maximum absolute atomic E-state index is 12.0. The van der Waals surface area contributed by atoms with Crippen LogP contribution in [0.5, 0.6) is 5.75 Å². The standard InChI is InChI=1S/C14H15N5O4/c15-14-16-11-3-4-18(7-10(11)13(21)17-14)6-8-5-9(19(22)23)1-2-12(8)20/h1-2,5,20H,3-4,6-7H2,(H3,15,16,17,21). The molecule has 1 aliphatic rings. The lowest BCUT2D eigenvalue weighted by Gasteiger charge is -2.27. The number of hydrogen-bond acceptors (Lipinski definition) is 7. The van der Waals surface area contributed by atoms with Crippen molar-refractivity contribution in [3.05, 3.63) is 55.5 Å². The van der Waals surface area contributed by atoms with E-state index in [1.807, 2.05) is 4.90 Å². The van der Waals surface area contributed by atoms with Gasteiger partial charge in [0.25, 0.3) is 11.2 Å². The Hall–Kier alpha value is -2.94. The van der Waals surface area contributed by atoms with Gasteiger partial charge in [0, 0.05) is 43.8 Å². The number of hydrogen-bond donors (Lipinski definition) is 3. The number of nitrogens with two attached hydrogens (primary N) is 1. The number of H-pyrrole nitrogens is 1. The highest BCUT2D eigenvalue weighted by Crippen LogP contribution is 2.26. The quantitative estimate of drug-likeness (QED) is 0.554. The number of rotatable bonds is 3. The minimum absolute atomic E-state index is 0.00858. The average molecular weight is 317 g/mol. The minimum Gasteiger partial charge on any atom is -0.508 e. The Balaban J connectivity index is 1.84. The molecule has 0 radical (unpaired) electrons. The largest absolute Gasteiger partial charge is 0.508 e. The molecule has 23 heavy (non-hydrogen) atoms. The summed E-state index contributed by atoms with van der Waals surface area (Å²) in [6, 6.07) is 3.90. The number of anilines is 1. The Morgan fingerprint density at radius 2 is 2.26 bits per heavy atom. The van der Waals surface area contributed by atoms with Crippen LogP contribution in [0.3, 0.4) is 0 Å². The first kappa shape index (κ1) is 15.0. The molecule has 0 spiro atoms. The molecule has 0 amide bonds. The molecular weight excluding hydrogens is 302 g/mol. The van der Waals surface area contributed by atoms with Gasteiger partial charge < -0.3 is 10.8 Å². The van der Waals surface area contributed by atoms with E-state index in [2.05, 4.69) is 9.97 Å². The van der Waals surface area contributed by atoms with Gasteiger partial charge in [-0.2, -0.15) is 0 Å². The fourth-order valence-electron chi connectivity index (χ4n) is 2.69. The minimum atomic E-state index is -0.508. The number of nitrogens with zero attached hydrogens (tertiary/aromatic N) is 3. The van der Waals surface area contributed by atoms with Crippen LogP contribution in [0.4, 0.5) is 11.6 Å². The zero-order valence-corrected chi connectivity index (χ0v) is 12.2. The molecule has 0 saturated heterocycles. The second kappa shape index (κ2) is 5.69. The van der Waals surface area contributed by atoms with Crippen molar-refractivity contribution >= 4 is 11.6 Å². The van der Waals surface area contributed by atoms with E-state index in [0.29, 0.717) is 42.9 Å². The zero-order chi connectivity index (χ0) is 16.6. The van der Waals surface area contributed by atoms with E-state index < -0.39 is 4.92 Å². The van der Waals surface area contributed by atoms with Gasteiger partial charge in [0.05, 0.1) is 16.2 Å². The third kappa shape index (κ3) is 2.99. The second-order valence-electron chi connectivity index (χ2n) is 5.41. The van der Waals surface area contributed by atoms with E-state index in [0.717, 1.165) is 0 Å². The number of aromatic nitrogens is 2. The first-order valence-electron chi connectivity index (χ1n) is 7.00. The van der Waals surface area contributed by atoms with Gasteiger partial charge in [-0.25, -0.2) is 4.98 Å². The average Bonchev–Trinajstić information content (AvgIpc) is 2.49. The molecule has 0 aliphatic carbocycles. The Morgan fingerprint density at radius 3 is 3.00 bits per heavy atom. The summed E-state index contributed by atoms with van der Waals surface area (Å²) in [5.74, 6) is 0.0873. The summed E-state index contributed by atoms with van der Waals surface area (Å²) in [6.07, 6.45) is 0.555. The van der Waals surface area contributed by atoms with Crippen LogP contribution in [0.25, 0.3) is 0 Å². The molecule has 9 nitrogen and oxygen atoms in total. The Bertz CT molecular complexity index is 832. The molecule has 0 saturated carbocycles. The molecule has 0 unspecified atom stereocenters. The lowest BCUT2D eigenvalue weighted by molar-refractivity contribution is -0.385. The highest BCUT2D eigenvalue weighted by atomic mass is 16.6. The molecular formula is C14H15N5O4. The van der Waals surface area contributed by atoms with E-state index in [1.165, 1.54) is 18.2 Å². The molecule has 4 N–H and O–H groups in total. The summed E-state index contributed by atoms with van der Waals surface area (Å²) < 4.78 is 0. The molecule has 2 heterocycles. The summed E-state index contributed by atoms with van der Waals surface area (Å²) in [5.41, 5.74) is 6.83. The number of nitrogen functional groups attached to an aromatic ring is 1. The van der Waals surface area contributed by atoms with Crippen LogP contribution in [0.1, 0.15) is 16.8 Å². The number of nitro groups is 1. The fourth-order valence-corrected chi connectivity index (χ4v) is 2.69. The highest BCUT2D eigenvalue weighted by Gasteiger charge is 2.22. The highest BCUT2D eigenvalue weighted by molar-refractivity contribution is 5.43. The second-order valence-corrected chi connectivity index (χ2v) is 5.41. The van der Waals surface area contributed by atoms with E-state index in [1.54, 1.807) is 0 Å². The summed E-state index contributed by atoms with van der Waals surface area (Å²) in [5, 5.41) is 20.7. The van der Waals surface area contributed by atoms with Gasteiger partial charge in [-0.15, -0.1) is 0 Å². The zero-order valence-electron chi connectivity index (χ0n) is 12.2. The first-order valence-corrected chi connectivity index (χ1v) is 7.00. The number of phenolic OH excluding ortho intramolecular Hbond substituents is 1. The maximum atomic E-state index is 12.0. The molecule has 120 valence electrons. The molecule has 2 aromatic rings. The normalized spacial score (nSPS) is 14.4. The molecule has 9 heteroatoms. The number of aromatic amines is 1. The summed E-state index contributed by atoms with van der Waals surface area (Å²) in [6.45, 7) is 1.27. The predicted molar refractivity (Wildman–Crippen MR) is 81.8 cm³/mol. The topological polar surface area (TPSA) is 138 Å². The lowest BCUT2D eigenvalue weighted by atomic mass is 10.1. The predicted octanol–water partition coefficient (Wildman–Crippen LogP) is 0.524. The third-order valence-corrected chi connectivity index (χ3v) is 3.83. The first-order chi connectivity index (χ1) is 10.9. The van der Waals surface area contributed by atoms with Crippen molar-refractivity contribution < 1.29 is 10.0 Å². The Morgan fingerprint density at radius 1 is 1.48 bits per heavy atom. The Labute approximate surface area is 130 Å². The number of phenols is 1. The lowest BCUT2D eigenvalue weighted by Crippen LogP contribution is -2.35. The van der Waals surface area contributed by atoms with E-state index in [4.69, 9.17) is 5.73 Å². The summed E-state index contributed by atoms with van der Waals surface area (Å²) in [4.78, 5) is 30.8. The molecule has 1 aromatic heterocycles. The smallest absolute Gasteiger partial charge is 0.270 e. The number of aromatic hydroxyl groups is 1. The van der Waals surface area contributed by atoms with Crippen LogP contribution in [0.15, 0.2) is 23.0 Å². The monoisotopic (exact) mass is 317 g/mol. The summed E-state index contributed by atoms with van der Waals surface area (Å²) >= 11 is 0. The van der Waals surface area contributed by atoms with Crippen LogP contribution < -0.4 is 11.3 Å². The van der Waals surface area contributed by atoms with E-state index in [-0.39, 0.29) is 22.9 Å². The van der Waals surface area contributed by atoms with Gasteiger partial charge in [0.15, 0.2) is 0 Å². The molecule has 0 bridgehead atoms. The van der Waals surface area contributed by atoms with Crippen molar-refractivity contribution in [3.8, 4) is 5.75 Å². The van der Waals surface area contributed by atoms with Crippen molar-refractivity contribution in [2.24, 2.45) is 0 Å². The number of non-ortho nitro benzene ring substituents is 1. The van der Waals surface area contributed by atoms with Gasteiger partial charge >= 0.3 is 0 Å².